The third-order valence-corrected chi connectivity index (χ3v) is 5.55. The summed E-state index contributed by atoms with van der Waals surface area (Å²) in [5, 5.41) is 28.8. The predicted octanol–water partition coefficient (Wildman–Crippen LogP) is 2.11. The number of fused-ring (bicyclic) bond motifs is 1. The minimum Gasteiger partial charge on any atom is -0.423 e. The van der Waals surface area contributed by atoms with Crippen molar-refractivity contribution in [2.45, 2.75) is 25.9 Å². The fraction of sp³-hybridized carbons (Fsp3) is 0.182. The van der Waals surface area contributed by atoms with Crippen LogP contribution in [0.5, 0.6) is 0 Å². The second kappa shape index (κ2) is 7.97. The molecule has 10 heteroatoms. The van der Waals surface area contributed by atoms with Crippen LogP contribution in [0.15, 0.2) is 54.9 Å². The zero-order chi connectivity index (χ0) is 23.2. The molecule has 0 aliphatic carbocycles. The van der Waals surface area contributed by atoms with Crippen LogP contribution in [0.1, 0.15) is 18.1 Å². The molecule has 2 aromatic carbocycles. The summed E-state index contributed by atoms with van der Waals surface area (Å²) in [4.78, 5) is 8.72. The summed E-state index contributed by atoms with van der Waals surface area (Å²) < 4.78 is 28.5. The van der Waals surface area contributed by atoms with Crippen molar-refractivity contribution < 1.29 is 23.9 Å². The molecule has 0 saturated heterocycles. The molecule has 1 atom stereocenters. The van der Waals surface area contributed by atoms with Crippen molar-refractivity contribution in [3.8, 4) is 22.5 Å². The van der Waals surface area contributed by atoms with E-state index in [-0.39, 0.29) is 11.4 Å². The number of imidazole rings is 1. The van der Waals surface area contributed by atoms with E-state index in [0.717, 1.165) is 12.5 Å². The summed E-state index contributed by atoms with van der Waals surface area (Å²) >= 11 is 0. The van der Waals surface area contributed by atoms with E-state index in [1.165, 1.54) is 12.1 Å². The Hall–Kier alpha value is -3.34. The Morgan fingerprint density at radius 1 is 1.12 bits per heavy atom. The fourth-order valence-corrected chi connectivity index (χ4v) is 3.52. The zero-order valence-corrected chi connectivity index (χ0v) is 17.4. The van der Waals surface area contributed by atoms with Crippen molar-refractivity contribution in [3.05, 3.63) is 66.0 Å². The van der Waals surface area contributed by atoms with Crippen molar-refractivity contribution in [3.63, 3.8) is 0 Å². The van der Waals surface area contributed by atoms with Crippen LogP contribution >= 0.6 is 0 Å². The Bertz CT molecular complexity index is 1290. The first kappa shape index (κ1) is 21.9. The van der Waals surface area contributed by atoms with Gasteiger partial charge in [0.25, 0.3) is 6.43 Å². The molecule has 0 saturated carbocycles. The Morgan fingerprint density at radius 3 is 2.44 bits per heavy atom. The number of rotatable bonds is 5. The SMILES string of the molecule is Cc1ccc(C(C)(O)C(F)F)cc1-c1cnc2c(N)nc(-c3ccc(B(O)O)cc3)cn12. The number of aryl methyl sites for hydroxylation is 1. The number of benzene rings is 2. The number of aliphatic hydroxyl groups is 1. The lowest BCUT2D eigenvalue weighted by atomic mass is 9.80. The molecule has 4 aromatic rings. The second-order valence-corrected chi connectivity index (χ2v) is 7.82. The summed E-state index contributed by atoms with van der Waals surface area (Å²) in [6, 6.07) is 11.2. The van der Waals surface area contributed by atoms with Gasteiger partial charge in [0.2, 0.25) is 0 Å². The number of nitrogens with zero attached hydrogens (tertiary/aromatic N) is 3. The van der Waals surface area contributed by atoms with Gasteiger partial charge in [0.05, 0.1) is 17.6 Å². The van der Waals surface area contributed by atoms with Crippen LogP contribution in [0.25, 0.3) is 28.2 Å². The van der Waals surface area contributed by atoms with Crippen LogP contribution in [-0.4, -0.2) is 43.1 Å². The van der Waals surface area contributed by atoms with Gasteiger partial charge in [-0.15, -0.1) is 0 Å². The van der Waals surface area contributed by atoms with E-state index < -0.39 is 19.1 Å². The molecule has 5 N–H and O–H groups in total. The van der Waals surface area contributed by atoms with Crippen LogP contribution in [0.2, 0.25) is 0 Å². The monoisotopic (exact) mass is 438 g/mol. The van der Waals surface area contributed by atoms with Gasteiger partial charge in [-0.2, -0.15) is 0 Å². The topological polar surface area (TPSA) is 117 Å². The summed E-state index contributed by atoms with van der Waals surface area (Å²) in [5.41, 5.74) is 7.88. The van der Waals surface area contributed by atoms with Gasteiger partial charge in [0, 0.05) is 17.3 Å². The number of halogens is 2. The van der Waals surface area contributed by atoms with Crippen molar-refractivity contribution in [2.24, 2.45) is 0 Å². The molecule has 0 amide bonds. The Morgan fingerprint density at radius 2 is 1.81 bits per heavy atom. The van der Waals surface area contributed by atoms with Gasteiger partial charge in [-0.25, -0.2) is 18.7 Å². The van der Waals surface area contributed by atoms with E-state index in [0.29, 0.717) is 33.6 Å². The molecule has 1 unspecified atom stereocenters. The maximum atomic E-state index is 13.4. The Labute approximate surface area is 183 Å². The number of nitrogen functional groups attached to an aromatic ring is 1. The molecule has 0 aliphatic rings. The summed E-state index contributed by atoms with van der Waals surface area (Å²) in [6.07, 6.45) is 0.341. The van der Waals surface area contributed by atoms with Gasteiger partial charge >= 0.3 is 7.12 Å². The molecule has 0 bridgehead atoms. The van der Waals surface area contributed by atoms with Gasteiger partial charge in [0.1, 0.15) is 5.60 Å². The maximum Gasteiger partial charge on any atom is 0.488 e. The second-order valence-electron chi connectivity index (χ2n) is 7.82. The van der Waals surface area contributed by atoms with Crippen LogP contribution in [-0.2, 0) is 5.60 Å². The number of nitrogens with two attached hydrogens (primary N) is 1. The number of aromatic nitrogens is 3. The molecule has 2 heterocycles. The van der Waals surface area contributed by atoms with Crippen molar-refractivity contribution in [1.29, 1.82) is 0 Å². The van der Waals surface area contributed by atoms with E-state index in [2.05, 4.69) is 9.97 Å². The average molecular weight is 438 g/mol. The highest BCUT2D eigenvalue weighted by molar-refractivity contribution is 6.58. The smallest absolute Gasteiger partial charge is 0.423 e. The van der Waals surface area contributed by atoms with Crippen molar-refractivity contribution >= 4 is 24.0 Å². The van der Waals surface area contributed by atoms with Crippen LogP contribution in [0.3, 0.4) is 0 Å². The van der Waals surface area contributed by atoms with Crippen LogP contribution in [0, 0.1) is 6.92 Å². The average Bonchev–Trinajstić information content (AvgIpc) is 3.18. The number of hydrogen-bond acceptors (Lipinski definition) is 6. The fourth-order valence-electron chi connectivity index (χ4n) is 3.52. The quantitative estimate of drug-likeness (QED) is 0.355. The van der Waals surface area contributed by atoms with Gasteiger partial charge in [-0.05, 0) is 36.5 Å². The predicted molar refractivity (Wildman–Crippen MR) is 118 cm³/mol. The largest absolute Gasteiger partial charge is 0.488 e. The lowest BCUT2D eigenvalue weighted by Crippen LogP contribution is -2.30. The van der Waals surface area contributed by atoms with E-state index in [1.54, 1.807) is 47.1 Å². The maximum absolute atomic E-state index is 13.4. The van der Waals surface area contributed by atoms with Gasteiger partial charge in [0.15, 0.2) is 11.5 Å². The molecule has 32 heavy (non-hydrogen) atoms. The number of anilines is 1. The first-order valence-electron chi connectivity index (χ1n) is 9.81. The Balaban J connectivity index is 1.87. The Kier molecular flexibility index (Phi) is 5.45. The molecule has 0 fully saturated rings. The van der Waals surface area contributed by atoms with Gasteiger partial charge < -0.3 is 20.9 Å². The van der Waals surface area contributed by atoms with Crippen LogP contribution in [0.4, 0.5) is 14.6 Å². The molecule has 4 rings (SSSR count). The highest BCUT2D eigenvalue weighted by Gasteiger charge is 2.34. The molecular weight excluding hydrogens is 417 g/mol. The third kappa shape index (κ3) is 3.73. The molecule has 0 radical (unpaired) electrons. The van der Waals surface area contributed by atoms with Gasteiger partial charge in [-0.1, -0.05) is 36.4 Å². The number of alkyl halides is 2. The molecule has 0 spiro atoms. The standard InChI is InChI=1S/C22H21BF2N4O3/c1-12-3-6-14(22(2,30)21(24)25)9-16(12)18-10-27-20-19(26)28-17(11-29(18)20)13-4-7-15(8-5-13)23(31)32/h3-11,21,30-32H,1-2H3,(H2,26,28). The lowest BCUT2D eigenvalue weighted by molar-refractivity contribution is -0.0883. The first-order valence-corrected chi connectivity index (χ1v) is 9.81. The van der Waals surface area contributed by atoms with E-state index in [9.17, 15) is 23.9 Å². The van der Waals surface area contributed by atoms with E-state index in [1.807, 2.05) is 6.92 Å². The van der Waals surface area contributed by atoms with Crippen molar-refractivity contribution in [1.82, 2.24) is 14.4 Å². The minimum atomic E-state index is -2.95. The molecule has 2 aromatic heterocycles. The van der Waals surface area contributed by atoms with Gasteiger partial charge in [-0.3, -0.25) is 4.40 Å². The third-order valence-electron chi connectivity index (χ3n) is 5.55. The van der Waals surface area contributed by atoms with E-state index in [4.69, 9.17) is 5.73 Å². The summed E-state index contributed by atoms with van der Waals surface area (Å²) in [7, 11) is -1.58. The zero-order valence-electron chi connectivity index (χ0n) is 17.4. The normalized spacial score (nSPS) is 13.5. The summed E-state index contributed by atoms with van der Waals surface area (Å²) in [6.45, 7) is 2.91. The molecule has 0 aliphatic heterocycles. The molecule has 164 valence electrons. The molecule has 7 nitrogen and oxygen atoms in total. The minimum absolute atomic E-state index is 0.0865. The van der Waals surface area contributed by atoms with Crippen LogP contribution < -0.4 is 11.2 Å². The van der Waals surface area contributed by atoms with Crippen molar-refractivity contribution in [2.75, 3.05) is 5.73 Å². The number of hydrogen-bond donors (Lipinski definition) is 4. The lowest BCUT2D eigenvalue weighted by Gasteiger charge is -2.23. The van der Waals surface area contributed by atoms with E-state index >= 15 is 0 Å². The molecular formula is C22H21BF2N4O3. The highest BCUT2D eigenvalue weighted by atomic mass is 19.3. The first-order chi connectivity index (χ1) is 15.1. The highest BCUT2D eigenvalue weighted by Crippen LogP contribution is 2.34. The summed E-state index contributed by atoms with van der Waals surface area (Å²) in [5.74, 6) is 0.174.